The Kier molecular flexibility index (Phi) is 5.81. The van der Waals surface area contributed by atoms with Gasteiger partial charge >= 0.3 is 6.09 Å². The lowest BCUT2D eigenvalue weighted by molar-refractivity contribution is -0.384. The van der Waals surface area contributed by atoms with E-state index >= 15 is 0 Å². The van der Waals surface area contributed by atoms with Crippen LogP contribution in [-0.2, 0) is 20.9 Å². The lowest BCUT2D eigenvalue weighted by Gasteiger charge is -2.22. The maximum atomic E-state index is 11.6. The van der Waals surface area contributed by atoms with Gasteiger partial charge in [0.25, 0.3) is 5.69 Å². The van der Waals surface area contributed by atoms with Gasteiger partial charge in [0.15, 0.2) is 0 Å². The molecule has 1 aromatic rings. The first-order valence-electron chi connectivity index (χ1n) is 5.84. The number of hydrogen-bond acceptors (Lipinski definition) is 8. The van der Waals surface area contributed by atoms with Crippen molar-refractivity contribution in [3.8, 4) is 0 Å². The first-order valence-corrected chi connectivity index (χ1v) is 5.84. The average Bonchev–Trinajstić information content (AvgIpc) is 2.43. The summed E-state index contributed by atoms with van der Waals surface area (Å²) in [5.41, 5.74) is 0.256. The molecule has 0 saturated carbocycles. The number of benzene rings is 1. The molecule has 0 aliphatic rings. The molecule has 0 aromatic heterocycles. The van der Waals surface area contributed by atoms with Crippen LogP contribution in [0.4, 0.5) is 10.5 Å². The number of carboxylic acids is 2. The Balaban J connectivity index is 2.63. The van der Waals surface area contributed by atoms with Crippen LogP contribution in [-0.4, -0.2) is 40.9 Å². The topological polar surface area (TPSA) is 153 Å². The highest BCUT2D eigenvalue weighted by Gasteiger charge is 2.15. The van der Waals surface area contributed by atoms with Crippen molar-refractivity contribution >= 4 is 23.7 Å². The number of aliphatic carboxylic acids is 2. The molecule has 10 nitrogen and oxygen atoms in total. The molecule has 0 radical (unpaired) electrons. The minimum absolute atomic E-state index is 0.148. The van der Waals surface area contributed by atoms with Crippen molar-refractivity contribution in [3.63, 3.8) is 0 Å². The van der Waals surface area contributed by atoms with Crippen LogP contribution >= 0.6 is 0 Å². The van der Waals surface area contributed by atoms with E-state index in [9.17, 15) is 34.7 Å². The smallest absolute Gasteiger partial charge is 0.410 e. The van der Waals surface area contributed by atoms with Gasteiger partial charge in [-0.05, 0) is 17.7 Å². The zero-order valence-corrected chi connectivity index (χ0v) is 11.1. The number of rotatable bonds is 7. The third-order valence-corrected chi connectivity index (χ3v) is 2.41. The molecule has 0 fully saturated rings. The Hall–Kier alpha value is -3.17. The molecule has 0 saturated heterocycles. The summed E-state index contributed by atoms with van der Waals surface area (Å²) in [7, 11) is 0. The number of nitro benzene ring substituents is 1. The summed E-state index contributed by atoms with van der Waals surface area (Å²) in [5.74, 6) is -3.32. The molecular weight excluding hydrogens is 300 g/mol. The number of nitrogens with zero attached hydrogens (tertiary/aromatic N) is 2. The molecule has 22 heavy (non-hydrogen) atoms. The van der Waals surface area contributed by atoms with Crippen LogP contribution in [0.15, 0.2) is 24.3 Å². The molecule has 1 amide bonds. The van der Waals surface area contributed by atoms with Crippen molar-refractivity contribution in [2.45, 2.75) is 6.61 Å². The van der Waals surface area contributed by atoms with Gasteiger partial charge in [-0.1, -0.05) is 0 Å². The van der Waals surface area contributed by atoms with Gasteiger partial charge in [-0.2, -0.15) is 0 Å². The van der Waals surface area contributed by atoms with Gasteiger partial charge in [-0.3, -0.25) is 15.0 Å². The summed E-state index contributed by atoms with van der Waals surface area (Å²) in [6.07, 6.45) is -1.19. The van der Waals surface area contributed by atoms with Gasteiger partial charge in [0.1, 0.15) is 6.61 Å². The number of hydrogen-bond donors (Lipinski definition) is 0. The molecule has 0 aliphatic carbocycles. The maximum Gasteiger partial charge on any atom is 0.410 e. The maximum absolute atomic E-state index is 11.6. The summed E-state index contributed by atoms with van der Waals surface area (Å²) in [6.45, 7) is -2.24. The predicted molar refractivity (Wildman–Crippen MR) is 64.9 cm³/mol. The summed E-state index contributed by atoms with van der Waals surface area (Å²) in [5, 5.41) is 31.3. The van der Waals surface area contributed by atoms with Gasteiger partial charge < -0.3 is 24.5 Å². The van der Waals surface area contributed by atoms with E-state index in [2.05, 4.69) is 0 Å². The summed E-state index contributed by atoms with van der Waals surface area (Å²) in [6, 6.07) is 5.08. The molecule has 10 heteroatoms. The largest absolute Gasteiger partial charge is 0.548 e. The van der Waals surface area contributed by atoms with Crippen LogP contribution in [0, 0.1) is 10.1 Å². The van der Waals surface area contributed by atoms with E-state index in [-0.39, 0.29) is 12.3 Å². The quantitative estimate of drug-likeness (QED) is 0.415. The van der Waals surface area contributed by atoms with Crippen molar-refractivity contribution in [1.82, 2.24) is 4.90 Å². The molecule has 0 bridgehead atoms. The van der Waals surface area contributed by atoms with Crippen LogP contribution in [0.2, 0.25) is 0 Å². The highest BCUT2D eigenvalue weighted by atomic mass is 16.6. The predicted octanol–water partition coefficient (Wildman–Crippen LogP) is -1.97. The van der Waals surface area contributed by atoms with Crippen molar-refractivity contribution in [2.75, 3.05) is 13.1 Å². The van der Waals surface area contributed by atoms with Crippen LogP contribution < -0.4 is 10.2 Å². The minimum atomic E-state index is -1.66. The standard InChI is InChI=1S/C12H12N2O8/c15-10(16)5-13(6-11(17)18)12(19)22-7-8-1-3-9(4-2-8)14(20)21/h1-4H,5-7H2,(H,15,16)(H,17,18)/p-2. The van der Waals surface area contributed by atoms with Crippen molar-refractivity contribution in [2.24, 2.45) is 0 Å². The molecule has 0 unspecified atom stereocenters. The lowest BCUT2D eigenvalue weighted by atomic mass is 10.2. The Morgan fingerprint density at radius 2 is 1.55 bits per heavy atom. The zero-order chi connectivity index (χ0) is 16.7. The minimum Gasteiger partial charge on any atom is -0.548 e. The Morgan fingerprint density at radius 3 is 1.95 bits per heavy atom. The Bertz CT molecular complexity index is 567. The Morgan fingerprint density at radius 1 is 1.05 bits per heavy atom. The first-order chi connectivity index (χ1) is 10.3. The molecule has 1 aromatic carbocycles. The van der Waals surface area contributed by atoms with Gasteiger partial charge in [0.05, 0.1) is 30.0 Å². The van der Waals surface area contributed by atoms with Crippen LogP contribution in [0.3, 0.4) is 0 Å². The second-order valence-electron chi connectivity index (χ2n) is 4.08. The number of ether oxygens (including phenoxy) is 1. The van der Waals surface area contributed by atoms with E-state index < -0.39 is 36.0 Å². The molecule has 0 heterocycles. The summed E-state index contributed by atoms with van der Waals surface area (Å²) < 4.78 is 4.73. The molecule has 118 valence electrons. The molecular formula is C12H10N2O8-2. The number of non-ortho nitro benzene ring substituents is 1. The van der Waals surface area contributed by atoms with E-state index in [4.69, 9.17) is 4.74 Å². The number of carboxylic acid groups (broad SMARTS) is 2. The molecule has 1 rings (SSSR count). The van der Waals surface area contributed by atoms with E-state index in [1.54, 1.807) is 0 Å². The third kappa shape index (κ3) is 5.45. The highest BCUT2D eigenvalue weighted by Crippen LogP contribution is 2.12. The second kappa shape index (κ2) is 7.57. The number of amides is 1. The molecule has 0 aliphatic heterocycles. The fraction of sp³-hybridized carbons (Fsp3) is 0.250. The normalized spacial score (nSPS) is 9.82. The second-order valence-corrected chi connectivity index (χ2v) is 4.08. The van der Waals surface area contributed by atoms with E-state index in [0.717, 1.165) is 0 Å². The molecule has 0 atom stereocenters. The zero-order valence-electron chi connectivity index (χ0n) is 11.1. The van der Waals surface area contributed by atoms with E-state index in [1.807, 2.05) is 0 Å². The number of carbonyl (C=O) groups is 3. The van der Waals surface area contributed by atoms with Gasteiger partial charge in [0, 0.05) is 12.1 Å². The van der Waals surface area contributed by atoms with Crippen LogP contribution in [0.1, 0.15) is 5.56 Å². The summed E-state index contributed by atoms with van der Waals surface area (Å²) >= 11 is 0. The highest BCUT2D eigenvalue weighted by molar-refractivity contribution is 5.80. The first kappa shape index (κ1) is 16.9. The van der Waals surface area contributed by atoms with Gasteiger partial charge in [-0.15, -0.1) is 0 Å². The average molecular weight is 310 g/mol. The summed E-state index contributed by atoms with van der Waals surface area (Å²) in [4.78, 5) is 42.7. The van der Waals surface area contributed by atoms with Crippen molar-refractivity contribution in [1.29, 1.82) is 0 Å². The van der Waals surface area contributed by atoms with E-state index in [0.29, 0.717) is 10.5 Å². The van der Waals surface area contributed by atoms with Gasteiger partial charge in [-0.25, -0.2) is 4.79 Å². The van der Waals surface area contributed by atoms with Crippen LogP contribution in [0.25, 0.3) is 0 Å². The fourth-order valence-corrected chi connectivity index (χ4v) is 1.45. The molecule has 0 spiro atoms. The van der Waals surface area contributed by atoms with Gasteiger partial charge in [0.2, 0.25) is 0 Å². The lowest BCUT2D eigenvalue weighted by Crippen LogP contribution is -2.47. The fourth-order valence-electron chi connectivity index (χ4n) is 1.45. The third-order valence-electron chi connectivity index (χ3n) is 2.41. The molecule has 0 N–H and O–H groups in total. The van der Waals surface area contributed by atoms with Crippen molar-refractivity contribution < 1.29 is 34.3 Å². The number of nitro groups is 1. The van der Waals surface area contributed by atoms with Crippen molar-refractivity contribution in [3.05, 3.63) is 39.9 Å². The Labute approximate surface area is 123 Å². The van der Waals surface area contributed by atoms with E-state index in [1.165, 1.54) is 24.3 Å². The SMILES string of the molecule is O=C([O-])CN(CC(=O)[O-])C(=O)OCc1ccc([N+](=O)[O-])cc1. The van der Waals surface area contributed by atoms with Crippen LogP contribution in [0.5, 0.6) is 0 Å². The number of carbonyl (C=O) groups excluding carboxylic acids is 3. The monoisotopic (exact) mass is 310 g/mol.